The molecule has 3 nitrogen and oxygen atoms in total. The molecule has 1 aromatic rings. The van der Waals surface area contributed by atoms with Crippen molar-refractivity contribution in [2.45, 2.75) is 32.1 Å². The van der Waals surface area contributed by atoms with Gasteiger partial charge in [-0.25, -0.2) is 0 Å². The molecule has 0 bridgehead atoms. The third kappa shape index (κ3) is 5.89. The second-order valence-corrected chi connectivity index (χ2v) is 6.89. The van der Waals surface area contributed by atoms with Gasteiger partial charge in [0.05, 0.1) is 0 Å². The van der Waals surface area contributed by atoms with Gasteiger partial charge in [-0.05, 0) is 30.7 Å². The summed E-state index contributed by atoms with van der Waals surface area (Å²) in [6.45, 7) is 10.6. The lowest BCUT2D eigenvalue weighted by molar-refractivity contribution is 0.212. The largest absolute Gasteiger partial charge is 0.492 e. The van der Waals surface area contributed by atoms with Crippen molar-refractivity contribution in [3.8, 4) is 5.75 Å². The highest BCUT2D eigenvalue weighted by atomic mass is 32.2. The van der Waals surface area contributed by atoms with Gasteiger partial charge in [0.1, 0.15) is 12.4 Å². The number of hydrogen-bond acceptors (Lipinski definition) is 4. The molecular weight excluding hydrogens is 280 g/mol. The molecule has 1 saturated heterocycles. The number of nitrogens with one attached hydrogen (secondary N) is 1. The Morgan fingerprint density at radius 1 is 1.38 bits per heavy atom. The fourth-order valence-electron chi connectivity index (χ4n) is 2.54. The maximum Gasteiger partial charge on any atom is 0.119 e. The number of benzene rings is 1. The van der Waals surface area contributed by atoms with Crippen molar-refractivity contribution in [1.29, 1.82) is 0 Å². The summed E-state index contributed by atoms with van der Waals surface area (Å²) in [5, 5.41) is 4.15. The molecule has 0 spiro atoms. The Bertz CT molecular complexity index is 414. The summed E-state index contributed by atoms with van der Waals surface area (Å²) in [5.74, 6) is 2.25. The lowest BCUT2D eigenvalue weighted by atomic mass is 10.2. The molecule has 1 N–H and O–H groups in total. The van der Waals surface area contributed by atoms with E-state index in [9.17, 15) is 0 Å². The van der Waals surface area contributed by atoms with Crippen LogP contribution in [0.5, 0.6) is 5.75 Å². The first-order chi connectivity index (χ1) is 10.3. The zero-order chi connectivity index (χ0) is 14.9. The zero-order valence-corrected chi connectivity index (χ0v) is 14.1. The van der Waals surface area contributed by atoms with Crippen LogP contribution in [-0.2, 0) is 6.54 Å². The summed E-state index contributed by atoms with van der Waals surface area (Å²) in [4.78, 5) is 2.53. The number of hydrogen-bond donors (Lipinski definition) is 1. The van der Waals surface area contributed by atoms with Crippen LogP contribution in [0.3, 0.4) is 0 Å². The molecule has 0 saturated carbocycles. The Morgan fingerprint density at radius 2 is 2.29 bits per heavy atom. The summed E-state index contributed by atoms with van der Waals surface area (Å²) in [7, 11) is 0. The van der Waals surface area contributed by atoms with Crippen LogP contribution in [0.1, 0.15) is 25.8 Å². The maximum absolute atomic E-state index is 5.92. The molecule has 0 amide bonds. The monoisotopic (exact) mass is 308 g/mol. The van der Waals surface area contributed by atoms with Gasteiger partial charge in [-0.3, -0.25) is 4.90 Å². The van der Waals surface area contributed by atoms with Crippen LogP contribution in [0.25, 0.3) is 0 Å². The van der Waals surface area contributed by atoms with E-state index in [1.54, 1.807) is 0 Å². The van der Waals surface area contributed by atoms with E-state index in [1.807, 2.05) is 0 Å². The van der Waals surface area contributed by atoms with Gasteiger partial charge in [-0.2, -0.15) is 11.8 Å². The van der Waals surface area contributed by atoms with E-state index in [0.29, 0.717) is 0 Å². The average molecular weight is 308 g/mol. The predicted molar refractivity (Wildman–Crippen MR) is 92.3 cm³/mol. The van der Waals surface area contributed by atoms with Gasteiger partial charge in [-0.15, -0.1) is 0 Å². The normalized spacial score (nSPS) is 19.6. The molecule has 1 aromatic carbocycles. The minimum absolute atomic E-state index is 0.783. The fourth-order valence-corrected chi connectivity index (χ4v) is 3.79. The molecular formula is C17H28N2OS. The van der Waals surface area contributed by atoms with Gasteiger partial charge >= 0.3 is 0 Å². The van der Waals surface area contributed by atoms with Gasteiger partial charge in [-0.1, -0.05) is 26.0 Å². The molecule has 1 aliphatic heterocycles. The number of rotatable bonds is 8. The first-order valence-corrected chi connectivity index (χ1v) is 9.13. The summed E-state index contributed by atoms with van der Waals surface area (Å²) < 4.78 is 5.92. The van der Waals surface area contributed by atoms with Crippen molar-refractivity contribution in [2.24, 2.45) is 0 Å². The van der Waals surface area contributed by atoms with E-state index in [1.165, 1.54) is 30.8 Å². The van der Waals surface area contributed by atoms with Crippen LogP contribution in [0.2, 0.25) is 0 Å². The van der Waals surface area contributed by atoms with Crippen LogP contribution in [0.4, 0.5) is 0 Å². The highest BCUT2D eigenvalue weighted by Gasteiger charge is 2.18. The lowest BCUT2D eigenvalue weighted by Crippen LogP contribution is -2.39. The SMILES string of the molecule is CCNCc1cccc(OCCN2CCSC(CC)C2)c1. The number of thioether (sulfide) groups is 1. The molecule has 118 valence electrons. The van der Waals surface area contributed by atoms with Gasteiger partial charge in [0.25, 0.3) is 0 Å². The van der Waals surface area contributed by atoms with Crippen molar-refractivity contribution < 1.29 is 4.74 Å². The van der Waals surface area contributed by atoms with Crippen LogP contribution >= 0.6 is 11.8 Å². The molecule has 0 aliphatic carbocycles. The van der Waals surface area contributed by atoms with Crippen molar-refractivity contribution in [1.82, 2.24) is 10.2 Å². The highest BCUT2D eigenvalue weighted by Crippen LogP contribution is 2.21. The highest BCUT2D eigenvalue weighted by molar-refractivity contribution is 8.00. The molecule has 1 unspecified atom stereocenters. The molecule has 4 heteroatoms. The second kappa shape index (κ2) is 9.34. The lowest BCUT2D eigenvalue weighted by Gasteiger charge is -2.31. The Balaban J connectivity index is 1.72. The summed E-state index contributed by atoms with van der Waals surface area (Å²) >= 11 is 2.12. The summed E-state index contributed by atoms with van der Waals surface area (Å²) in [6.07, 6.45) is 1.27. The summed E-state index contributed by atoms with van der Waals surface area (Å²) in [6, 6.07) is 8.41. The summed E-state index contributed by atoms with van der Waals surface area (Å²) in [5.41, 5.74) is 1.29. The van der Waals surface area contributed by atoms with Gasteiger partial charge in [0.2, 0.25) is 0 Å². The Kier molecular flexibility index (Phi) is 7.41. The zero-order valence-electron chi connectivity index (χ0n) is 13.3. The molecule has 1 fully saturated rings. The van der Waals surface area contributed by atoms with E-state index < -0.39 is 0 Å². The van der Waals surface area contributed by atoms with Crippen molar-refractivity contribution in [3.63, 3.8) is 0 Å². The van der Waals surface area contributed by atoms with Crippen molar-refractivity contribution in [3.05, 3.63) is 29.8 Å². The van der Waals surface area contributed by atoms with E-state index in [0.717, 1.165) is 37.2 Å². The third-order valence-corrected chi connectivity index (χ3v) is 5.20. The molecule has 1 heterocycles. The first kappa shape index (κ1) is 16.7. The molecule has 2 rings (SSSR count). The van der Waals surface area contributed by atoms with Crippen LogP contribution in [-0.4, -0.2) is 48.7 Å². The van der Waals surface area contributed by atoms with E-state index in [4.69, 9.17) is 4.74 Å². The maximum atomic E-state index is 5.92. The van der Waals surface area contributed by atoms with Crippen molar-refractivity contribution in [2.75, 3.05) is 38.5 Å². The topological polar surface area (TPSA) is 24.5 Å². The fraction of sp³-hybridized carbons (Fsp3) is 0.647. The van der Waals surface area contributed by atoms with Gasteiger partial charge < -0.3 is 10.1 Å². The Hall–Kier alpha value is -0.710. The van der Waals surface area contributed by atoms with E-state index in [2.05, 4.69) is 60.1 Å². The minimum atomic E-state index is 0.783. The Labute approximate surface area is 133 Å². The number of nitrogens with zero attached hydrogens (tertiary/aromatic N) is 1. The minimum Gasteiger partial charge on any atom is -0.492 e. The molecule has 0 radical (unpaired) electrons. The van der Waals surface area contributed by atoms with Gasteiger partial charge in [0.15, 0.2) is 0 Å². The van der Waals surface area contributed by atoms with E-state index >= 15 is 0 Å². The standard InChI is InChI=1S/C17H28N2OS/c1-3-17-14-19(9-11-21-17)8-10-20-16-7-5-6-15(12-16)13-18-4-2/h5-7,12,17-18H,3-4,8-11,13-14H2,1-2H3. The molecule has 1 aliphatic rings. The number of ether oxygens (including phenoxy) is 1. The van der Waals surface area contributed by atoms with Crippen LogP contribution in [0, 0.1) is 0 Å². The van der Waals surface area contributed by atoms with Crippen molar-refractivity contribution >= 4 is 11.8 Å². The first-order valence-electron chi connectivity index (χ1n) is 8.08. The third-order valence-electron chi connectivity index (χ3n) is 3.83. The van der Waals surface area contributed by atoms with Crippen LogP contribution < -0.4 is 10.1 Å². The average Bonchev–Trinajstić information content (AvgIpc) is 2.53. The van der Waals surface area contributed by atoms with Crippen LogP contribution in [0.15, 0.2) is 24.3 Å². The second-order valence-electron chi connectivity index (χ2n) is 5.48. The Morgan fingerprint density at radius 3 is 3.10 bits per heavy atom. The molecule has 21 heavy (non-hydrogen) atoms. The van der Waals surface area contributed by atoms with E-state index in [-0.39, 0.29) is 0 Å². The smallest absolute Gasteiger partial charge is 0.119 e. The predicted octanol–water partition coefficient (Wildman–Crippen LogP) is 3.00. The molecule has 1 atom stereocenters. The van der Waals surface area contributed by atoms with Gasteiger partial charge in [0, 0.05) is 37.2 Å². The molecule has 0 aromatic heterocycles. The quantitative estimate of drug-likeness (QED) is 0.798.